The number of ketones is 2. The molecule has 0 heterocycles. The second kappa shape index (κ2) is 25.8. The number of aryl methyl sites for hydroxylation is 1. The van der Waals surface area contributed by atoms with Gasteiger partial charge in [0.1, 0.15) is 11.5 Å². The highest BCUT2D eigenvalue weighted by Gasteiger charge is 2.27. The molecule has 0 spiro atoms. The van der Waals surface area contributed by atoms with Crippen molar-refractivity contribution < 1.29 is 38.2 Å². The molecule has 2 unspecified atom stereocenters. The van der Waals surface area contributed by atoms with Gasteiger partial charge in [-0.15, -0.1) is 34.8 Å². The number of nitrogens with one attached hydrogen (secondary N) is 4. The van der Waals surface area contributed by atoms with Crippen LogP contribution in [0.2, 0.25) is 10.0 Å². The molecule has 360 valence electrons. The summed E-state index contributed by atoms with van der Waals surface area (Å²) in [4.78, 5) is 79.1. The van der Waals surface area contributed by atoms with E-state index in [2.05, 4.69) is 41.7 Å². The molecule has 0 bridgehead atoms. The van der Waals surface area contributed by atoms with Crippen LogP contribution in [0, 0.1) is 0 Å². The van der Waals surface area contributed by atoms with Gasteiger partial charge in [-0.05, 0) is 119 Å². The Balaban J connectivity index is 1.28. The van der Waals surface area contributed by atoms with Crippen molar-refractivity contribution in [3.05, 3.63) is 129 Å². The zero-order chi connectivity index (χ0) is 50.2. The Hall–Kier alpha value is -6.43. The maximum absolute atomic E-state index is 13.5. The van der Waals surface area contributed by atoms with Crippen molar-refractivity contribution >= 4 is 127 Å². The van der Waals surface area contributed by atoms with Gasteiger partial charge in [0.2, 0.25) is 12.1 Å². The number of benzene rings is 5. The minimum absolute atomic E-state index is 0.0371. The predicted molar refractivity (Wildman–Crippen MR) is 269 cm³/mol. The van der Waals surface area contributed by atoms with E-state index in [0.717, 1.165) is 0 Å². The SMILES string of the molecule is CCOc1cccc(NC(=O)c2cc(N=NC(C(C)=O)C(=O)Nc3ccc(NC(=O)C(N=Nc4ccc(Cl)c(C(=O)Nc5cccc(OCC)c5CCl)c4)C(C)=O)c(CCCl)c3)ccc2Cl)c1CCl. The van der Waals surface area contributed by atoms with Gasteiger partial charge < -0.3 is 30.7 Å². The van der Waals surface area contributed by atoms with Crippen LogP contribution in [0.15, 0.2) is 111 Å². The van der Waals surface area contributed by atoms with Crippen LogP contribution in [-0.4, -0.2) is 66.4 Å². The number of carbonyl (C=O) groups is 6. The molecule has 5 rings (SSSR count). The lowest BCUT2D eigenvalue weighted by Gasteiger charge is -2.16. The van der Waals surface area contributed by atoms with Crippen LogP contribution in [0.25, 0.3) is 0 Å². The number of anilines is 4. The third-order valence-corrected chi connectivity index (χ3v) is 11.2. The molecule has 16 nitrogen and oxygen atoms in total. The van der Waals surface area contributed by atoms with E-state index in [1.807, 2.05) is 13.8 Å². The van der Waals surface area contributed by atoms with E-state index < -0.39 is 47.3 Å². The average molecular weight is 1040 g/mol. The number of rotatable bonds is 22. The minimum Gasteiger partial charge on any atom is -0.493 e. The molecular weight excluding hydrogens is 994 g/mol. The minimum atomic E-state index is -1.61. The smallest absolute Gasteiger partial charge is 0.258 e. The number of alkyl halides is 3. The van der Waals surface area contributed by atoms with Crippen LogP contribution in [0.3, 0.4) is 0 Å². The third-order valence-electron chi connectivity index (χ3n) is 9.86. The Labute approximate surface area is 422 Å². The summed E-state index contributed by atoms with van der Waals surface area (Å²) < 4.78 is 11.3. The standard InChI is InChI=1S/C48H45Cl5N8O8/c1-5-68-41-11-7-9-39(34(41)24-50)56-45(64)32-22-30(13-16-36(32)52)58-60-43(26(3)62)47(66)54-29-15-18-38(28(21-29)19-20-49)55-48(67)44(27(4)63)61-59-31-14-17-37(53)33(23-31)46(65)57-40-10-8-12-42(69-6-2)35(40)25-51/h7-18,21-23,43-44H,5-6,19-20,24-25H2,1-4H3,(H,54,66)(H,55,67)(H,56,64)(H,57,65). The van der Waals surface area contributed by atoms with Crippen molar-refractivity contribution in [2.45, 2.75) is 58.0 Å². The summed E-state index contributed by atoms with van der Waals surface area (Å²) in [6, 6.07) is 19.9. The molecule has 0 aliphatic rings. The molecule has 5 aromatic carbocycles. The summed E-state index contributed by atoms with van der Waals surface area (Å²) in [5.41, 5.74) is 3.24. The van der Waals surface area contributed by atoms with Gasteiger partial charge in [-0.1, -0.05) is 35.3 Å². The first kappa shape index (κ1) is 53.5. The fourth-order valence-corrected chi connectivity index (χ4v) is 7.66. The van der Waals surface area contributed by atoms with E-state index in [9.17, 15) is 28.8 Å². The Morgan fingerprint density at radius 2 is 1.03 bits per heavy atom. The summed E-state index contributed by atoms with van der Waals surface area (Å²) in [5, 5.41) is 27.3. The monoisotopic (exact) mass is 1040 g/mol. The molecule has 0 aliphatic carbocycles. The second-order valence-electron chi connectivity index (χ2n) is 14.7. The Morgan fingerprint density at radius 3 is 1.45 bits per heavy atom. The van der Waals surface area contributed by atoms with Gasteiger partial charge in [0, 0.05) is 39.8 Å². The van der Waals surface area contributed by atoms with E-state index in [4.69, 9.17) is 67.5 Å². The molecule has 4 N–H and O–H groups in total. The molecule has 0 aliphatic heterocycles. The molecule has 2 atom stereocenters. The van der Waals surface area contributed by atoms with Crippen LogP contribution in [-0.2, 0) is 37.4 Å². The van der Waals surface area contributed by atoms with E-state index in [0.29, 0.717) is 52.8 Å². The van der Waals surface area contributed by atoms with Gasteiger partial charge in [0.05, 0.1) is 57.5 Å². The van der Waals surface area contributed by atoms with Crippen molar-refractivity contribution in [3.63, 3.8) is 0 Å². The quantitative estimate of drug-likeness (QED) is 0.0296. The van der Waals surface area contributed by atoms with E-state index in [1.54, 1.807) is 36.4 Å². The van der Waals surface area contributed by atoms with Gasteiger partial charge in [0.15, 0.2) is 11.6 Å². The lowest BCUT2D eigenvalue weighted by Crippen LogP contribution is -2.32. The zero-order valence-electron chi connectivity index (χ0n) is 37.5. The number of carbonyl (C=O) groups excluding carboxylic acids is 6. The lowest BCUT2D eigenvalue weighted by molar-refractivity contribution is -0.127. The van der Waals surface area contributed by atoms with E-state index in [1.165, 1.54) is 68.4 Å². The van der Waals surface area contributed by atoms with Gasteiger partial charge in [-0.3, -0.25) is 28.8 Å². The topological polar surface area (TPSA) is 218 Å². The van der Waals surface area contributed by atoms with Crippen molar-refractivity contribution in [1.82, 2.24) is 0 Å². The molecule has 0 fully saturated rings. The lowest BCUT2D eigenvalue weighted by atomic mass is 10.1. The molecule has 0 saturated heterocycles. The van der Waals surface area contributed by atoms with Crippen LogP contribution in [0.1, 0.15) is 65.1 Å². The molecule has 0 radical (unpaired) electrons. The first-order valence-electron chi connectivity index (χ1n) is 21.1. The summed E-state index contributed by atoms with van der Waals surface area (Å²) in [7, 11) is 0. The van der Waals surface area contributed by atoms with Gasteiger partial charge in [-0.25, -0.2) is 0 Å². The highest BCUT2D eigenvalue weighted by atomic mass is 35.5. The summed E-state index contributed by atoms with van der Waals surface area (Å²) in [5.74, 6) is -2.82. The van der Waals surface area contributed by atoms with Crippen molar-refractivity contribution in [1.29, 1.82) is 0 Å². The molecule has 4 amide bonds. The molecule has 0 aromatic heterocycles. The van der Waals surface area contributed by atoms with E-state index >= 15 is 0 Å². The first-order chi connectivity index (χ1) is 33.1. The number of halogens is 5. The van der Waals surface area contributed by atoms with E-state index in [-0.39, 0.29) is 68.0 Å². The van der Waals surface area contributed by atoms with Crippen LogP contribution in [0.5, 0.6) is 11.5 Å². The van der Waals surface area contributed by atoms with Crippen molar-refractivity contribution in [2.75, 3.05) is 40.4 Å². The molecule has 0 saturated carbocycles. The summed E-state index contributed by atoms with van der Waals surface area (Å²) >= 11 is 31.2. The van der Waals surface area contributed by atoms with Crippen molar-refractivity contribution in [2.24, 2.45) is 20.5 Å². The highest BCUT2D eigenvalue weighted by molar-refractivity contribution is 6.35. The Morgan fingerprint density at radius 1 is 0.565 bits per heavy atom. The molecular formula is C48H45Cl5N8O8. The number of hydrogen-bond acceptors (Lipinski definition) is 12. The average Bonchev–Trinajstić information content (AvgIpc) is 3.31. The molecule has 21 heteroatoms. The molecule has 5 aromatic rings. The zero-order valence-corrected chi connectivity index (χ0v) is 41.3. The van der Waals surface area contributed by atoms with Crippen LogP contribution in [0.4, 0.5) is 34.1 Å². The van der Waals surface area contributed by atoms with Gasteiger partial charge >= 0.3 is 0 Å². The maximum Gasteiger partial charge on any atom is 0.258 e. The third kappa shape index (κ3) is 14.3. The number of nitrogens with zero attached hydrogens (tertiary/aromatic N) is 4. The Kier molecular flexibility index (Phi) is 20.0. The second-order valence-corrected chi connectivity index (χ2v) is 16.4. The first-order valence-corrected chi connectivity index (χ1v) is 23.4. The molecule has 69 heavy (non-hydrogen) atoms. The van der Waals surface area contributed by atoms with Crippen LogP contribution >= 0.6 is 58.0 Å². The number of hydrogen-bond donors (Lipinski definition) is 4. The number of azo groups is 2. The summed E-state index contributed by atoms with van der Waals surface area (Å²) in [6.07, 6.45) is 0.207. The van der Waals surface area contributed by atoms with Crippen molar-refractivity contribution in [3.8, 4) is 11.5 Å². The van der Waals surface area contributed by atoms with Gasteiger partial charge in [0.25, 0.3) is 23.6 Å². The van der Waals surface area contributed by atoms with Gasteiger partial charge in [-0.2, -0.15) is 20.5 Å². The fourth-order valence-electron chi connectivity index (χ4n) is 6.50. The van der Waals surface area contributed by atoms with Crippen LogP contribution < -0.4 is 30.7 Å². The number of Topliss-reactive ketones (excluding diaryl/α,β-unsaturated/α-hetero) is 2. The predicted octanol–water partition coefficient (Wildman–Crippen LogP) is 11.9. The summed E-state index contributed by atoms with van der Waals surface area (Å²) in [6.45, 7) is 6.77. The number of amides is 4. The highest BCUT2D eigenvalue weighted by Crippen LogP contribution is 2.33. The Bertz CT molecular complexity index is 2810. The fraction of sp³-hybridized carbons (Fsp3) is 0.250. The normalized spacial score (nSPS) is 12.0. The number of ether oxygens (including phenoxy) is 2. The largest absolute Gasteiger partial charge is 0.493 e. The maximum atomic E-state index is 13.5.